The van der Waals surface area contributed by atoms with Crippen molar-refractivity contribution in [1.29, 1.82) is 0 Å². The Balaban J connectivity index is 2.35. The fourth-order valence-electron chi connectivity index (χ4n) is 1.62. The fourth-order valence-corrected chi connectivity index (χ4v) is 1.62. The number of anilines is 2. The highest BCUT2D eigenvalue weighted by Gasteiger charge is 2.23. The van der Waals surface area contributed by atoms with Gasteiger partial charge in [-0.2, -0.15) is 4.98 Å². The molecule has 0 saturated heterocycles. The molecule has 9 heteroatoms. The summed E-state index contributed by atoms with van der Waals surface area (Å²) in [5, 5.41) is 13.8. The summed E-state index contributed by atoms with van der Waals surface area (Å²) in [5.74, 6) is -0.721. The molecule has 1 aromatic heterocycles. The Morgan fingerprint density at radius 3 is 2.52 bits per heavy atom. The minimum absolute atomic E-state index is 0.0151. The highest BCUT2D eigenvalue weighted by atomic mass is 16.6. The van der Waals surface area contributed by atoms with Gasteiger partial charge in [-0.3, -0.25) is 14.9 Å². The molecule has 0 atom stereocenters. The van der Waals surface area contributed by atoms with E-state index in [2.05, 4.69) is 15.3 Å². The molecule has 3 N–H and O–H groups in total. The molecule has 21 heavy (non-hydrogen) atoms. The minimum atomic E-state index is -0.640. The zero-order valence-electron chi connectivity index (χ0n) is 10.9. The maximum Gasteiger partial charge on any atom is 0.373 e. The maximum atomic E-state index is 11.1. The van der Waals surface area contributed by atoms with E-state index in [1.807, 2.05) is 0 Å². The van der Waals surface area contributed by atoms with Crippen LogP contribution in [0, 0.1) is 10.1 Å². The first-order chi connectivity index (χ1) is 10.0. The van der Waals surface area contributed by atoms with Gasteiger partial charge in [-0.05, 0) is 24.3 Å². The van der Waals surface area contributed by atoms with Gasteiger partial charge in [0.05, 0.1) is 12.0 Å². The molecule has 0 aliphatic heterocycles. The molecule has 0 fully saturated rings. The van der Waals surface area contributed by atoms with Crippen molar-refractivity contribution >= 4 is 23.1 Å². The van der Waals surface area contributed by atoms with Crippen LogP contribution in [0.4, 0.5) is 17.2 Å². The molecule has 9 nitrogen and oxygen atoms in total. The number of hydrogen-bond donors (Lipinski definition) is 2. The molecule has 0 aliphatic carbocycles. The summed E-state index contributed by atoms with van der Waals surface area (Å²) in [7, 11) is 1.28. The Labute approximate surface area is 118 Å². The van der Waals surface area contributed by atoms with Crippen molar-refractivity contribution in [2.45, 2.75) is 0 Å². The highest BCUT2D eigenvalue weighted by molar-refractivity contribution is 5.93. The second kappa shape index (κ2) is 5.82. The van der Waals surface area contributed by atoms with Gasteiger partial charge in [-0.25, -0.2) is 4.98 Å². The fraction of sp³-hybridized carbons (Fsp3) is 0.0833. The Hall–Kier alpha value is -3.23. The molecule has 0 bridgehead atoms. The van der Waals surface area contributed by atoms with Crippen LogP contribution in [0.3, 0.4) is 0 Å². The van der Waals surface area contributed by atoms with E-state index in [1.54, 1.807) is 12.1 Å². The molecule has 1 aromatic carbocycles. The summed E-state index contributed by atoms with van der Waals surface area (Å²) in [6.45, 7) is 0. The molecular weight excluding hydrogens is 278 g/mol. The average molecular weight is 289 g/mol. The quantitative estimate of drug-likeness (QED) is 0.624. The van der Waals surface area contributed by atoms with Crippen LogP contribution in [-0.4, -0.2) is 27.9 Å². The van der Waals surface area contributed by atoms with Crippen LogP contribution in [0.2, 0.25) is 0 Å². The van der Waals surface area contributed by atoms with E-state index in [0.29, 0.717) is 11.3 Å². The van der Waals surface area contributed by atoms with Crippen molar-refractivity contribution in [3.8, 4) is 5.88 Å². The first-order valence-electron chi connectivity index (χ1n) is 5.73. The summed E-state index contributed by atoms with van der Waals surface area (Å²) in [4.78, 5) is 28.9. The van der Waals surface area contributed by atoms with Crippen LogP contribution in [0.15, 0.2) is 30.6 Å². The van der Waals surface area contributed by atoms with Crippen LogP contribution in [0.25, 0.3) is 0 Å². The summed E-state index contributed by atoms with van der Waals surface area (Å²) in [6.07, 6.45) is 1.14. The smallest absolute Gasteiger partial charge is 0.373 e. The van der Waals surface area contributed by atoms with E-state index in [1.165, 1.54) is 19.2 Å². The predicted octanol–water partition coefficient (Wildman–Crippen LogP) is 1.24. The molecule has 108 valence electrons. The lowest BCUT2D eigenvalue weighted by Crippen LogP contribution is -2.10. The third kappa shape index (κ3) is 3.03. The monoisotopic (exact) mass is 289 g/mol. The van der Waals surface area contributed by atoms with E-state index in [0.717, 1.165) is 6.33 Å². The van der Waals surface area contributed by atoms with Gasteiger partial charge < -0.3 is 15.8 Å². The molecule has 2 rings (SSSR count). The number of rotatable bonds is 5. The van der Waals surface area contributed by atoms with Crippen LogP contribution in [0.1, 0.15) is 10.4 Å². The number of nitrogens with one attached hydrogen (secondary N) is 1. The second-order valence-corrected chi connectivity index (χ2v) is 3.90. The molecule has 1 heterocycles. The summed E-state index contributed by atoms with van der Waals surface area (Å²) in [6, 6.07) is 6.10. The van der Waals surface area contributed by atoms with Gasteiger partial charge in [0.15, 0.2) is 0 Å². The van der Waals surface area contributed by atoms with Gasteiger partial charge in [0.25, 0.3) is 5.88 Å². The van der Waals surface area contributed by atoms with Crippen molar-refractivity contribution in [1.82, 2.24) is 9.97 Å². The Morgan fingerprint density at radius 1 is 1.33 bits per heavy atom. The van der Waals surface area contributed by atoms with Crippen molar-refractivity contribution in [3.05, 3.63) is 46.3 Å². The van der Waals surface area contributed by atoms with Crippen molar-refractivity contribution in [2.75, 3.05) is 12.4 Å². The molecule has 0 aliphatic rings. The number of hydrogen-bond acceptors (Lipinski definition) is 7. The molecule has 0 unspecified atom stereocenters. The number of nitro groups is 1. The third-order valence-electron chi connectivity index (χ3n) is 2.60. The molecule has 1 amide bonds. The number of ether oxygens (including phenoxy) is 1. The molecule has 0 saturated carbocycles. The van der Waals surface area contributed by atoms with Crippen LogP contribution < -0.4 is 15.8 Å². The first kappa shape index (κ1) is 14.2. The lowest BCUT2D eigenvalue weighted by Gasteiger charge is -2.08. The maximum absolute atomic E-state index is 11.1. The number of methoxy groups -OCH3 is 1. The number of nitrogens with two attached hydrogens (primary N) is 1. The van der Waals surface area contributed by atoms with Gasteiger partial charge in [-0.15, -0.1) is 0 Å². The summed E-state index contributed by atoms with van der Waals surface area (Å²) >= 11 is 0. The Kier molecular flexibility index (Phi) is 3.93. The number of nitrogens with zero attached hydrogens (tertiary/aromatic N) is 3. The van der Waals surface area contributed by atoms with Gasteiger partial charge in [0.1, 0.15) is 6.33 Å². The lowest BCUT2D eigenvalue weighted by atomic mass is 10.2. The molecule has 0 spiro atoms. The van der Waals surface area contributed by atoms with Crippen LogP contribution in [0.5, 0.6) is 5.88 Å². The van der Waals surface area contributed by atoms with Gasteiger partial charge in [-0.1, -0.05) is 0 Å². The number of amides is 1. The van der Waals surface area contributed by atoms with E-state index < -0.39 is 10.8 Å². The number of primary amides is 1. The van der Waals surface area contributed by atoms with Crippen LogP contribution in [-0.2, 0) is 0 Å². The molecular formula is C12H11N5O4. The standard InChI is InChI=1S/C12H11N5O4/c1-21-12-9(17(19)20)11(14-6-15-12)16-8-4-2-7(3-5-8)10(13)18/h2-6H,1H3,(H2,13,18)(H,14,15,16). The van der Waals surface area contributed by atoms with Crippen molar-refractivity contribution in [3.63, 3.8) is 0 Å². The number of carbonyl (C=O) groups excluding carboxylic acids is 1. The normalized spacial score (nSPS) is 9.95. The average Bonchev–Trinajstić information content (AvgIpc) is 2.47. The van der Waals surface area contributed by atoms with Gasteiger partial charge in [0.2, 0.25) is 11.7 Å². The summed E-state index contributed by atoms with van der Waals surface area (Å²) in [5.41, 5.74) is 5.59. The number of aromatic nitrogens is 2. The minimum Gasteiger partial charge on any atom is -0.476 e. The van der Waals surface area contributed by atoms with Crippen molar-refractivity contribution in [2.24, 2.45) is 5.73 Å². The molecule has 0 radical (unpaired) electrons. The van der Waals surface area contributed by atoms with Crippen molar-refractivity contribution < 1.29 is 14.5 Å². The number of benzene rings is 1. The van der Waals surface area contributed by atoms with E-state index in [4.69, 9.17) is 10.5 Å². The van der Waals surface area contributed by atoms with E-state index in [-0.39, 0.29) is 17.4 Å². The second-order valence-electron chi connectivity index (χ2n) is 3.90. The molecule has 2 aromatic rings. The Morgan fingerprint density at radius 2 is 2.00 bits per heavy atom. The largest absolute Gasteiger partial charge is 0.476 e. The van der Waals surface area contributed by atoms with Crippen LogP contribution >= 0.6 is 0 Å². The highest BCUT2D eigenvalue weighted by Crippen LogP contribution is 2.32. The SMILES string of the molecule is COc1ncnc(Nc2ccc(C(N)=O)cc2)c1[N+](=O)[O-]. The zero-order valence-corrected chi connectivity index (χ0v) is 10.9. The topological polar surface area (TPSA) is 133 Å². The third-order valence-corrected chi connectivity index (χ3v) is 2.60. The van der Waals surface area contributed by atoms with E-state index >= 15 is 0 Å². The van der Waals surface area contributed by atoms with Gasteiger partial charge in [0, 0.05) is 11.3 Å². The first-order valence-corrected chi connectivity index (χ1v) is 5.73. The Bertz CT molecular complexity index is 687. The summed E-state index contributed by atoms with van der Waals surface area (Å²) < 4.78 is 4.84. The van der Waals surface area contributed by atoms with E-state index in [9.17, 15) is 14.9 Å². The number of carbonyl (C=O) groups is 1. The predicted molar refractivity (Wildman–Crippen MR) is 73.5 cm³/mol. The zero-order chi connectivity index (χ0) is 15.4. The lowest BCUT2D eigenvalue weighted by molar-refractivity contribution is -0.385. The van der Waals surface area contributed by atoms with Gasteiger partial charge >= 0.3 is 5.69 Å².